The lowest BCUT2D eigenvalue weighted by Gasteiger charge is -2.22. The van der Waals surface area contributed by atoms with E-state index in [0.717, 1.165) is 6.07 Å². The standard InChI is InChI=1S/C10F8N2/c11-6-3(1-19)5(9(14,15)10(16,17)18)8(13)7(12)4(6)2-20. The van der Waals surface area contributed by atoms with Crippen LogP contribution in [0.15, 0.2) is 0 Å². The second kappa shape index (κ2) is 4.63. The molecule has 20 heavy (non-hydrogen) atoms. The van der Waals surface area contributed by atoms with Gasteiger partial charge in [-0.3, -0.25) is 0 Å². The van der Waals surface area contributed by atoms with Crippen LogP contribution in [-0.4, -0.2) is 6.18 Å². The molecule has 0 saturated heterocycles. The predicted octanol–water partition coefficient (Wildman–Crippen LogP) is 3.50. The maximum absolute atomic E-state index is 13.3. The molecule has 0 aliphatic rings. The second-order valence-corrected chi connectivity index (χ2v) is 3.36. The monoisotopic (exact) mass is 300 g/mol. The Morgan fingerprint density at radius 1 is 0.700 bits per heavy atom. The molecule has 0 saturated carbocycles. The molecule has 0 aliphatic heterocycles. The zero-order valence-electron chi connectivity index (χ0n) is 8.92. The molecule has 0 atom stereocenters. The Balaban J connectivity index is 3.94. The number of benzene rings is 1. The number of rotatable bonds is 1. The van der Waals surface area contributed by atoms with Gasteiger partial charge in [0.15, 0.2) is 17.5 Å². The van der Waals surface area contributed by atoms with Gasteiger partial charge >= 0.3 is 12.1 Å². The van der Waals surface area contributed by atoms with Crippen LogP contribution in [0.5, 0.6) is 0 Å². The molecule has 0 bridgehead atoms. The van der Waals surface area contributed by atoms with E-state index in [1.165, 1.54) is 0 Å². The van der Waals surface area contributed by atoms with E-state index in [4.69, 9.17) is 10.5 Å². The summed E-state index contributed by atoms with van der Waals surface area (Å²) in [5, 5.41) is 16.7. The number of halogens is 8. The van der Waals surface area contributed by atoms with E-state index < -0.39 is 46.2 Å². The molecular formula is C10F8N2. The normalized spacial score (nSPS) is 11.9. The Morgan fingerprint density at radius 3 is 1.50 bits per heavy atom. The van der Waals surface area contributed by atoms with E-state index in [2.05, 4.69) is 0 Å². The van der Waals surface area contributed by atoms with Gasteiger partial charge in [0.1, 0.15) is 23.3 Å². The molecule has 1 aromatic carbocycles. The first-order chi connectivity index (χ1) is 9.00. The molecule has 0 N–H and O–H groups in total. The van der Waals surface area contributed by atoms with Crippen LogP contribution in [0.4, 0.5) is 35.1 Å². The molecule has 0 fully saturated rings. The zero-order chi connectivity index (χ0) is 15.9. The molecule has 0 spiro atoms. The maximum Gasteiger partial charge on any atom is 0.458 e. The Hall–Kier alpha value is -2.36. The third-order valence-electron chi connectivity index (χ3n) is 2.21. The van der Waals surface area contributed by atoms with E-state index >= 15 is 0 Å². The van der Waals surface area contributed by atoms with Crippen molar-refractivity contribution in [2.24, 2.45) is 0 Å². The van der Waals surface area contributed by atoms with E-state index in [-0.39, 0.29) is 0 Å². The Labute approximate surface area is 105 Å². The average molecular weight is 300 g/mol. The minimum Gasteiger partial charge on any atom is -0.204 e. The van der Waals surface area contributed by atoms with Crippen LogP contribution in [0, 0.1) is 40.1 Å². The number of nitriles is 2. The topological polar surface area (TPSA) is 47.6 Å². The molecule has 1 aromatic rings. The van der Waals surface area contributed by atoms with Crippen LogP contribution in [-0.2, 0) is 5.92 Å². The van der Waals surface area contributed by atoms with Crippen molar-refractivity contribution in [3.8, 4) is 12.1 Å². The Morgan fingerprint density at radius 2 is 1.15 bits per heavy atom. The summed E-state index contributed by atoms with van der Waals surface area (Å²) in [7, 11) is 0. The highest BCUT2D eigenvalue weighted by Crippen LogP contribution is 2.47. The first kappa shape index (κ1) is 15.7. The fourth-order valence-electron chi connectivity index (χ4n) is 1.30. The number of nitrogens with zero attached hydrogens (tertiary/aromatic N) is 2. The lowest BCUT2D eigenvalue weighted by Crippen LogP contribution is -2.36. The highest BCUT2D eigenvalue weighted by molar-refractivity contribution is 5.50. The molecule has 0 aromatic heterocycles. The summed E-state index contributed by atoms with van der Waals surface area (Å²) in [6.45, 7) is 0. The van der Waals surface area contributed by atoms with Crippen molar-refractivity contribution < 1.29 is 35.1 Å². The predicted molar refractivity (Wildman–Crippen MR) is 45.7 cm³/mol. The van der Waals surface area contributed by atoms with Crippen LogP contribution in [0.2, 0.25) is 0 Å². The van der Waals surface area contributed by atoms with Crippen LogP contribution >= 0.6 is 0 Å². The highest BCUT2D eigenvalue weighted by atomic mass is 19.4. The van der Waals surface area contributed by atoms with Crippen molar-refractivity contribution in [1.82, 2.24) is 0 Å². The summed E-state index contributed by atoms with van der Waals surface area (Å²) in [6.07, 6.45) is -6.38. The molecule has 2 nitrogen and oxygen atoms in total. The molecule has 0 radical (unpaired) electrons. The third kappa shape index (κ3) is 2.03. The third-order valence-corrected chi connectivity index (χ3v) is 2.21. The fourth-order valence-corrected chi connectivity index (χ4v) is 1.30. The van der Waals surface area contributed by atoms with Crippen molar-refractivity contribution in [2.45, 2.75) is 12.1 Å². The molecule has 106 valence electrons. The molecule has 0 heterocycles. The van der Waals surface area contributed by atoms with Crippen LogP contribution in [0.1, 0.15) is 16.7 Å². The SMILES string of the molecule is N#Cc1c(F)c(F)c(C(F)(F)C(F)(F)F)c(C#N)c1F. The minimum atomic E-state index is -6.38. The average Bonchev–Trinajstić information content (AvgIpc) is 2.32. The summed E-state index contributed by atoms with van der Waals surface area (Å²) in [5.41, 5.74) is -6.63. The van der Waals surface area contributed by atoms with Gasteiger partial charge in [-0.2, -0.15) is 32.5 Å². The van der Waals surface area contributed by atoms with Gasteiger partial charge in [-0.25, -0.2) is 13.2 Å². The van der Waals surface area contributed by atoms with Gasteiger partial charge in [0, 0.05) is 0 Å². The molecular weight excluding hydrogens is 300 g/mol. The highest BCUT2D eigenvalue weighted by Gasteiger charge is 2.62. The zero-order valence-corrected chi connectivity index (χ0v) is 8.92. The minimum absolute atomic E-state index is 0.572. The molecule has 0 amide bonds. The fraction of sp³-hybridized carbons (Fsp3) is 0.200. The largest absolute Gasteiger partial charge is 0.458 e. The second-order valence-electron chi connectivity index (χ2n) is 3.36. The molecule has 0 unspecified atom stereocenters. The number of alkyl halides is 5. The van der Waals surface area contributed by atoms with Crippen molar-refractivity contribution >= 4 is 0 Å². The van der Waals surface area contributed by atoms with Crippen LogP contribution in [0.3, 0.4) is 0 Å². The van der Waals surface area contributed by atoms with Gasteiger partial charge in [0.2, 0.25) is 0 Å². The van der Waals surface area contributed by atoms with Gasteiger partial charge in [-0.15, -0.1) is 0 Å². The Kier molecular flexibility index (Phi) is 3.64. The maximum atomic E-state index is 13.3. The smallest absolute Gasteiger partial charge is 0.204 e. The van der Waals surface area contributed by atoms with Gasteiger partial charge in [-0.05, 0) is 0 Å². The number of hydrogen-bond acceptors (Lipinski definition) is 2. The number of hydrogen-bond donors (Lipinski definition) is 0. The van der Waals surface area contributed by atoms with Crippen molar-refractivity contribution in [3.05, 3.63) is 34.1 Å². The van der Waals surface area contributed by atoms with Crippen LogP contribution in [0.25, 0.3) is 0 Å². The quantitative estimate of drug-likeness (QED) is 0.588. The van der Waals surface area contributed by atoms with Crippen molar-refractivity contribution in [1.29, 1.82) is 10.5 Å². The van der Waals surface area contributed by atoms with Gasteiger partial charge in [0.25, 0.3) is 0 Å². The van der Waals surface area contributed by atoms with Crippen LogP contribution < -0.4 is 0 Å². The summed E-state index contributed by atoms with van der Waals surface area (Å²) in [6, 6.07) is 1.30. The lowest BCUT2D eigenvalue weighted by atomic mass is 9.97. The van der Waals surface area contributed by atoms with E-state index in [0.29, 0.717) is 6.07 Å². The summed E-state index contributed by atoms with van der Waals surface area (Å²) >= 11 is 0. The Bertz CT molecular complexity index is 647. The van der Waals surface area contributed by atoms with Gasteiger partial charge in [-0.1, -0.05) is 0 Å². The lowest BCUT2D eigenvalue weighted by molar-refractivity contribution is -0.290. The van der Waals surface area contributed by atoms with E-state index in [1.54, 1.807) is 0 Å². The molecule has 1 rings (SSSR count). The van der Waals surface area contributed by atoms with E-state index in [9.17, 15) is 35.1 Å². The summed E-state index contributed by atoms with van der Waals surface area (Å²) in [4.78, 5) is 0. The van der Waals surface area contributed by atoms with Gasteiger partial charge in [0.05, 0.1) is 5.56 Å². The summed E-state index contributed by atoms with van der Waals surface area (Å²) in [5.74, 6) is -13.6. The van der Waals surface area contributed by atoms with E-state index in [1.807, 2.05) is 0 Å². The van der Waals surface area contributed by atoms with Gasteiger partial charge < -0.3 is 0 Å². The van der Waals surface area contributed by atoms with Crippen molar-refractivity contribution in [2.75, 3.05) is 0 Å². The first-order valence-electron chi connectivity index (χ1n) is 4.46. The first-order valence-corrected chi connectivity index (χ1v) is 4.46. The molecule has 10 heteroatoms. The summed E-state index contributed by atoms with van der Waals surface area (Å²) < 4.78 is 102. The van der Waals surface area contributed by atoms with Crippen molar-refractivity contribution in [3.63, 3.8) is 0 Å². The molecule has 0 aliphatic carbocycles.